The fourth-order valence-electron chi connectivity index (χ4n) is 2.23. The van der Waals surface area contributed by atoms with Crippen molar-refractivity contribution in [1.82, 2.24) is 4.90 Å². The van der Waals surface area contributed by atoms with Crippen LogP contribution < -0.4 is 10.1 Å². The smallest absolute Gasteiger partial charge is 0.322 e. The second-order valence-corrected chi connectivity index (χ2v) is 5.80. The largest absolute Gasteiger partial charge is 0.495 e. The molecule has 1 atom stereocenters. The number of thioether (sulfide) groups is 1. The number of para-hydroxylation sites is 2. The van der Waals surface area contributed by atoms with Crippen molar-refractivity contribution in [1.29, 1.82) is 0 Å². The molecule has 21 heavy (non-hydrogen) atoms. The summed E-state index contributed by atoms with van der Waals surface area (Å²) in [5.41, 5.74) is 0.581. The maximum atomic E-state index is 12.4. The molecule has 1 heterocycles. The van der Waals surface area contributed by atoms with Crippen molar-refractivity contribution in [2.75, 3.05) is 30.5 Å². The van der Waals surface area contributed by atoms with Crippen LogP contribution in [0.1, 0.15) is 6.42 Å². The minimum atomic E-state index is -0.891. The Morgan fingerprint density at radius 3 is 2.95 bits per heavy atom. The number of nitrogens with one attached hydrogen (secondary N) is 1. The summed E-state index contributed by atoms with van der Waals surface area (Å²) in [7, 11) is 1.54. The SMILES string of the molecule is COc1ccccc1NC(=O)N1CCSCC1CC(=O)O. The van der Waals surface area contributed by atoms with Gasteiger partial charge in [-0.25, -0.2) is 4.79 Å². The molecule has 2 rings (SSSR count). The summed E-state index contributed by atoms with van der Waals surface area (Å²) < 4.78 is 5.19. The first-order valence-electron chi connectivity index (χ1n) is 6.62. The Morgan fingerprint density at radius 2 is 2.24 bits per heavy atom. The monoisotopic (exact) mass is 310 g/mol. The second-order valence-electron chi connectivity index (χ2n) is 4.65. The lowest BCUT2D eigenvalue weighted by molar-refractivity contribution is -0.137. The molecule has 0 spiro atoms. The second kappa shape index (κ2) is 7.21. The zero-order chi connectivity index (χ0) is 15.2. The molecule has 0 aromatic heterocycles. The van der Waals surface area contributed by atoms with E-state index in [1.54, 1.807) is 34.9 Å². The van der Waals surface area contributed by atoms with Crippen molar-refractivity contribution in [2.45, 2.75) is 12.5 Å². The van der Waals surface area contributed by atoms with Crippen LogP contribution >= 0.6 is 11.8 Å². The highest BCUT2D eigenvalue weighted by Crippen LogP contribution is 2.25. The number of urea groups is 1. The number of benzene rings is 1. The Balaban J connectivity index is 2.08. The third-order valence-corrected chi connectivity index (χ3v) is 4.34. The summed E-state index contributed by atoms with van der Waals surface area (Å²) in [5, 5.41) is 11.7. The molecule has 1 aliphatic heterocycles. The summed E-state index contributed by atoms with van der Waals surface area (Å²) in [5.74, 6) is 1.14. The predicted octanol–water partition coefficient (Wildman–Crippen LogP) is 2.12. The van der Waals surface area contributed by atoms with Crippen molar-refractivity contribution in [3.8, 4) is 5.75 Å². The van der Waals surface area contributed by atoms with Crippen molar-refractivity contribution < 1.29 is 19.4 Å². The maximum absolute atomic E-state index is 12.4. The van der Waals surface area contributed by atoms with Crippen LogP contribution in [0.5, 0.6) is 5.75 Å². The van der Waals surface area contributed by atoms with Crippen LogP contribution in [-0.4, -0.2) is 53.2 Å². The van der Waals surface area contributed by atoms with E-state index in [9.17, 15) is 9.59 Å². The Labute approximate surface area is 127 Å². The first-order valence-corrected chi connectivity index (χ1v) is 7.77. The lowest BCUT2D eigenvalue weighted by Gasteiger charge is -2.34. The Hall–Kier alpha value is -1.89. The normalized spacial score (nSPS) is 18.1. The number of carboxylic acids is 1. The number of rotatable bonds is 4. The van der Waals surface area contributed by atoms with E-state index in [2.05, 4.69) is 5.32 Å². The molecule has 0 saturated carbocycles. The zero-order valence-corrected chi connectivity index (χ0v) is 12.6. The van der Waals surface area contributed by atoms with Gasteiger partial charge in [0.05, 0.1) is 25.3 Å². The third kappa shape index (κ3) is 4.04. The van der Waals surface area contributed by atoms with Gasteiger partial charge in [0.2, 0.25) is 0 Å². The van der Waals surface area contributed by atoms with Gasteiger partial charge in [-0.1, -0.05) is 12.1 Å². The molecule has 2 amide bonds. The maximum Gasteiger partial charge on any atom is 0.322 e. The summed E-state index contributed by atoms with van der Waals surface area (Å²) in [6, 6.07) is 6.57. The van der Waals surface area contributed by atoms with Crippen LogP contribution in [0.15, 0.2) is 24.3 Å². The molecule has 1 aliphatic rings. The summed E-state index contributed by atoms with van der Waals surface area (Å²) >= 11 is 1.67. The van der Waals surface area contributed by atoms with E-state index < -0.39 is 5.97 Å². The highest BCUT2D eigenvalue weighted by Gasteiger charge is 2.29. The number of carbonyl (C=O) groups is 2. The fourth-order valence-corrected chi connectivity index (χ4v) is 3.29. The molecule has 1 aromatic carbocycles. The van der Waals surface area contributed by atoms with Crippen LogP contribution in [0.25, 0.3) is 0 Å². The average Bonchev–Trinajstić information content (AvgIpc) is 2.47. The zero-order valence-electron chi connectivity index (χ0n) is 11.7. The number of aliphatic carboxylic acids is 1. The van der Waals surface area contributed by atoms with Gasteiger partial charge in [-0.3, -0.25) is 4.79 Å². The molecule has 114 valence electrons. The van der Waals surface area contributed by atoms with Crippen LogP contribution in [0, 0.1) is 0 Å². The first kappa shape index (κ1) is 15.5. The van der Waals surface area contributed by atoms with E-state index in [1.807, 2.05) is 6.07 Å². The van der Waals surface area contributed by atoms with Crippen LogP contribution in [0.4, 0.5) is 10.5 Å². The molecular formula is C14H18N2O4S. The van der Waals surface area contributed by atoms with Gasteiger partial charge in [0.15, 0.2) is 0 Å². The summed E-state index contributed by atoms with van der Waals surface area (Å²) in [6.07, 6.45) is -0.0354. The third-order valence-electron chi connectivity index (χ3n) is 3.25. The van der Waals surface area contributed by atoms with Gasteiger partial charge in [0.1, 0.15) is 5.75 Å². The number of carboxylic acid groups (broad SMARTS) is 1. The molecule has 0 radical (unpaired) electrons. The summed E-state index contributed by atoms with van der Waals surface area (Å²) in [4.78, 5) is 24.9. The molecule has 0 bridgehead atoms. The molecule has 6 nitrogen and oxygen atoms in total. The van der Waals surface area contributed by atoms with E-state index >= 15 is 0 Å². The van der Waals surface area contributed by atoms with E-state index in [-0.39, 0.29) is 18.5 Å². The highest BCUT2D eigenvalue weighted by molar-refractivity contribution is 7.99. The van der Waals surface area contributed by atoms with Crippen molar-refractivity contribution in [2.24, 2.45) is 0 Å². The molecule has 1 fully saturated rings. The first-order chi connectivity index (χ1) is 10.1. The highest BCUT2D eigenvalue weighted by atomic mass is 32.2. The van der Waals surface area contributed by atoms with Crippen molar-refractivity contribution >= 4 is 29.4 Å². The molecular weight excluding hydrogens is 292 g/mol. The Kier molecular flexibility index (Phi) is 5.32. The standard InChI is InChI=1S/C14H18N2O4S/c1-20-12-5-3-2-4-11(12)15-14(19)16-6-7-21-9-10(16)8-13(17)18/h2-5,10H,6-9H2,1H3,(H,15,19)(H,17,18). The number of amides is 2. The number of ether oxygens (including phenoxy) is 1. The minimum absolute atomic E-state index is 0.0354. The van der Waals surface area contributed by atoms with Gasteiger partial charge in [-0.2, -0.15) is 11.8 Å². The van der Waals surface area contributed by atoms with Crippen LogP contribution in [-0.2, 0) is 4.79 Å². The van der Waals surface area contributed by atoms with Crippen molar-refractivity contribution in [3.63, 3.8) is 0 Å². The molecule has 1 unspecified atom stereocenters. The van der Waals surface area contributed by atoms with Gasteiger partial charge in [-0.15, -0.1) is 0 Å². The van der Waals surface area contributed by atoms with E-state index in [1.165, 1.54) is 7.11 Å². The van der Waals surface area contributed by atoms with Gasteiger partial charge in [0.25, 0.3) is 0 Å². The minimum Gasteiger partial charge on any atom is -0.495 e. The van der Waals surface area contributed by atoms with Gasteiger partial charge in [-0.05, 0) is 12.1 Å². The number of anilines is 1. The molecule has 7 heteroatoms. The lowest BCUT2D eigenvalue weighted by Crippen LogP contribution is -2.48. The number of carbonyl (C=O) groups excluding carboxylic acids is 1. The molecule has 1 aromatic rings. The number of methoxy groups -OCH3 is 1. The molecule has 1 saturated heterocycles. The molecule has 2 N–H and O–H groups in total. The van der Waals surface area contributed by atoms with E-state index in [0.717, 1.165) is 5.75 Å². The quantitative estimate of drug-likeness (QED) is 0.890. The van der Waals surface area contributed by atoms with Gasteiger partial charge >= 0.3 is 12.0 Å². The predicted molar refractivity (Wildman–Crippen MR) is 82.1 cm³/mol. The average molecular weight is 310 g/mol. The van der Waals surface area contributed by atoms with E-state index in [0.29, 0.717) is 23.7 Å². The van der Waals surface area contributed by atoms with Gasteiger partial charge in [0, 0.05) is 18.1 Å². The van der Waals surface area contributed by atoms with E-state index in [4.69, 9.17) is 9.84 Å². The van der Waals surface area contributed by atoms with Gasteiger partial charge < -0.3 is 20.1 Å². The molecule has 0 aliphatic carbocycles. The Morgan fingerprint density at radius 1 is 1.48 bits per heavy atom. The number of nitrogens with zero attached hydrogens (tertiary/aromatic N) is 1. The topological polar surface area (TPSA) is 78.9 Å². The number of hydrogen-bond acceptors (Lipinski definition) is 4. The number of hydrogen-bond donors (Lipinski definition) is 2. The summed E-state index contributed by atoms with van der Waals surface area (Å²) in [6.45, 7) is 0.545. The van der Waals surface area contributed by atoms with Crippen LogP contribution in [0.2, 0.25) is 0 Å². The van der Waals surface area contributed by atoms with Crippen molar-refractivity contribution in [3.05, 3.63) is 24.3 Å². The lowest BCUT2D eigenvalue weighted by atomic mass is 10.2. The fraction of sp³-hybridized carbons (Fsp3) is 0.429. The Bertz CT molecular complexity index is 523. The van der Waals surface area contributed by atoms with Crippen LogP contribution in [0.3, 0.4) is 0 Å².